The summed E-state index contributed by atoms with van der Waals surface area (Å²) in [4.78, 5) is -0.464. The van der Waals surface area contributed by atoms with E-state index in [4.69, 9.17) is 14.9 Å². The summed E-state index contributed by atoms with van der Waals surface area (Å²) in [6.45, 7) is 13.8. The first kappa shape index (κ1) is 24.8. The van der Waals surface area contributed by atoms with Gasteiger partial charge in [0.15, 0.2) is 8.32 Å². The highest BCUT2D eigenvalue weighted by molar-refractivity contribution is 8.00. The zero-order valence-electron chi connectivity index (χ0n) is 21.2. The van der Waals surface area contributed by atoms with Gasteiger partial charge in [-0.05, 0) is 78.7 Å². The number of benzene rings is 2. The first-order valence-corrected chi connectivity index (χ1v) is 15.9. The number of nitrogens with two attached hydrogens (primary N) is 1. The lowest BCUT2D eigenvalue weighted by Crippen LogP contribution is -2.63. The van der Waals surface area contributed by atoms with Gasteiger partial charge < -0.3 is 14.9 Å². The molecule has 1 aliphatic carbocycles. The van der Waals surface area contributed by atoms with Crippen LogP contribution in [-0.2, 0) is 9.96 Å². The van der Waals surface area contributed by atoms with Gasteiger partial charge in [-0.15, -0.1) is 11.8 Å². The molecule has 4 rings (SSSR count). The smallest absolute Gasteiger partial charge is 0.192 e. The van der Waals surface area contributed by atoms with Gasteiger partial charge in [-0.1, -0.05) is 51.1 Å². The third-order valence-corrected chi connectivity index (χ3v) is 13.7. The summed E-state index contributed by atoms with van der Waals surface area (Å²) >= 11 is 1.83. The van der Waals surface area contributed by atoms with Crippen molar-refractivity contribution in [2.24, 2.45) is 11.7 Å². The molecule has 2 aliphatic rings. The summed E-state index contributed by atoms with van der Waals surface area (Å²) in [5, 5.41) is 4.09. The molecule has 33 heavy (non-hydrogen) atoms. The SMILES string of the molecule is COc1cccc(-c2cccc(C34CC(O[Si](C)(C)C(C)(C)C)CC3CSC(C)(N)N4)c2)c1. The van der Waals surface area contributed by atoms with Crippen molar-refractivity contribution in [2.45, 2.75) is 75.3 Å². The quantitative estimate of drug-likeness (QED) is 0.486. The Hall–Kier alpha value is -1.31. The van der Waals surface area contributed by atoms with Crippen molar-refractivity contribution in [3.05, 3.63) is 54.1 Å². The number of ether oxygens (including phenoxy) is 1. The number of rotatable bonds is 5. The van der Waals surface area contributed by atoms with Crippen LogP contribution in [0.25, 0.3) is 11.1 Å². The van der Waals surface area contributed by atoms with Gasteiger partial charge in [0.1, 0.15) is 10.7 Å². The molecule has 4 unspecified atom stereocenters. The van der Waals surface area contributed by atoms with E-state index in [1.165, 1.54) is 11.1 Å². The first-order valence-electron chi connectivity index (χ1n) is 12.0. The zero-order valence-corrected chi connectivity index (χ0v) is 23.0. The van der Waals surface area contributed by atoms with Gasteiger partial charge >= 0.3 is 0 Å². The average molecular weight is 485 g/mol. The molecule has 0 spiro atoms. The standard InChI is InChI=1S/C27H40N2O2SSi/c1-25(2,3)33(6,7)31-24-16-22-18-32-26(4,28)29-27(22,17-24)21-12-8-10-19(14-21)20-11-9-13-23(15-20)30-5/h8-15,22,24,29H,16-18,28H2,1-7H3. The maximum absolute atomic E-state index is 6.95. The van der Waals surface area contributed by atoms with Crippen LogP contribution in [0.2, 0.25) is 18.1 Å². The van der Waals surface area contributed by atoms with Crippen LogP contribution < -0.4 is 15.8 Å². The summed E-state index contributed by atoms with van der Waals surface area (Å²) in [5.41, 5.74) is 10.2. The molecule has 0 amide bonds. The lowest BCUT2D eigenvalue weighted by atomic mass is 9.79. The summed E-state index contributed by atoms with van der Waals surface area (Å²) in [6.07, 6.45) is 2.28. The minimum Gasteiger partial charge on any atom is -0.497 e. The highest BCUT2D eigenvalue weighted by Crippen LogP contribution is 2.53. The van der Waals surface area contributed by atoms with Crippen LogP contribution in [0, 0.1) is 5.92 Å². The molecule has 0 aromatic heterocycles. The van der Waals surface area contributed by atoms with Crippen LogP contribution in [0.5, 0.6) is 5.75 Å². The number of thioether (sulfide) groups is 1. The molecule has 6 heteroatoms. The second-order valence-corrected chi connectivity index (χ2v) is 17.7. The van der Waals surface area contributed by atoms with E-state index in [9.17, 15) is 0 Å². The molecule has 4 nitrogen and oxygen atoms in total. The summed E-state index contributed by atoms with van der Waals surface area (Å²) in [6, 6.07) is 17.3. The lowest BCUT2D eigenvalue weighted by molar-refractivity contribution is 0.166. The number of fused-ring (bicyclic) bond motifs is 1. The average Bonchev–Trinajstić information content (AvgIpc) is 3.09. The molecule has 3 N–H and O–H groups in total. The van der Waals surface area contributed by atoms with Crippen molar-refractivity contribution in [1.82, 2.24) is 5.32 Å². The molecule has 1 saturated carbocycles. The fourth-order valence-corrected chi connectivity index (χ4v) is 7.72. The Bertz CT molecular complexity index is 1000. The third kappa shape index (κ3) is 4.91. The van der Waals surface area contributed by atoms with Crippen molar-refractivity contribution < 1.29 is 9.16 Å². The van der Waals surface area contributed by atoms with E-state index in [-0.39, 0.29) is 16.7 Å². The molecule has 0 radical (unpaired) electrons. The normalized spacial score (nSPS) is 30.2. The van der Waals surface area contributed by atoms with Gasteiger partial charge in [-0.2, -0.15) is 0 Å². The van der Waals surface area contributed by atoms with E-state index in [2.05, 4.69) is 82.5 Å². The Kier molecular flexibility index (Phi) is 6.55. The highest BCUT2D eigenvalue weighted by Gasteiger charge is 2.55. The maximum Gasteiger partial charge on any atom is 0.192 e. The molecular weight excluding hydrogens is 444 g/mol. The first-order chi connectivity index (χ1) is 15.4. The lowest BCUT2D eigenvalue weighted by Gasteiger charge is -2.48. The minimum atomic E-state index is -1.86. The fraction of sp³-hybridized carbons (Fsp3) is 0.556. The fourth-order valence-electron chi connectivity index (χ4n) is 5.13. The van der Waals surface area contributed by atoms with E-state index < -0.39 is 13.3 Å². The Morgan fingerprint density at radius 1 is 1.09 bits per heavy atom. The van der Waals surface area contributed by atoms with Gasteiger partial charge in [-0.25, -0.2) is 0 Å². The minimum absolute atomic E-state index is 0.184. The number of hydrogen-bond acceptors (Lipinski definition) is 5. The zero-order chi connectivity index (χ0) is 24.1. The highest BCUT2D eigenvalue weighted by atomic mass is 32.2. The second-order valence-electron chi connectivity index (χ2n) is 11.5. The van der Waals surface area contributed by atoms with E-state index in [1.54, 1.807) is 7.11 Å². The summed E-state index contributed by atoms with van der Waals surface area (Å²) in [7, 11) is -0.143. The Morgan fingerprint density at radius 2 is 1.76 bits per heavy atom. The number of methoxy groups -OCH3 is 1. The molecule has 2 fully saturated rings. The van der Waals surface area contributed by atoms with E-state index >= 15 is 0 Å². The van der Waals surface area contributed by atoms with Crippen molar-refractivity contribution >= 4 is 20.1 Å². The number of nitrogens with one attached hydrogen (secondary N) is 1. The molecule has 2 aromatic rings. The van der Waals surface area contributed by atoms with Gasteiger partial charge in [-0.3, -0.25) is 5.32 Å². The van der Waals surface area contributed by atoms with Crippen LogP contribution in [0.1, 0.15) is 46.1 Å². The molecule has 0 bridgehead atoms. The van der Waals surface area contributed by atoms with Crippen molar-refractivity contribution in [1.29, 1.82) is 0 Å². The van der Waals surface area contributed by atoms with Gasteiger partial charge in [0.2, 0.25) is 0 Å². The van der Waals surface area contributed by atoms with Crippen LogP contribution in [-0.4, -0.2) is 32.3 Å². The van der Waals surface area contributed by atoms with Crippen LogP contribution >= 0.6 is 11.8 Å². The van der Waals surface area contributed by atoms with Crippen molar-refractivity contribution in [3.8, 4) is 16.9 Å². The van der Waals surface area contributed by atoms with E-state index in [0.717, 1.165) is 29.9 Å². The Morgan fingerprint density at radius 3 is 2.42 bits per heavy atom. The predicted octanol–water partition coefficient (Wildman–Crippen LogP) is 6.33. The van der Waals surface area contributed by atoms with Crippen LogP contribution in [0.15, 0.2) is 48.5 Å². The molecule has 1 heterocycles. The molecule has 4 atom stereocenters. The van der Waals surface area contributed by atoms with E-state index in [0.29, 0.717) is 5.92 Å². The Balaban J connectivity index is 1.71. The molecule has 1 saturated heterocycles. The van der Waals surface area contributed by atoms with Crippen LogP contribution in [0.4, 0.5) is 0 Å². The molecule has 1 aliphatic heterocycles. The molecular formula is C27H40N2O2SSi. The van der Waals surface area contributed by atoms with Crippen molar-refractivity contribution in [3.63, 3.8) is 0 Å². The Labute approximate surface area is 205 Å². The molecule has 2 aromatic carbocycles. The van der Waals surface area contributed by atoms with Crippen LogP contribution in [0.3, 0.4) is 0 Å². The topological polar surface area (TPSA) is 56.5 Å². The van der Waals surface area contributed by atoms with Gasteiger partial charge in [0.05, 0.1) is 12.6 Å². The van der Waals surface area contributed by atoms with Gasteiger partial charge in [0.25, 0.3) is 0 Å². The second kappa shape index (κ2) is 8.72. The predicted molar refractivity (Wildman–Crippen MR) is 143 cm³/mol. The largest absolute Gasteiger partial charge is 0.497 e. The van der Waals surface area contributed by atoms with E-state index in [1.807, 2.05) is 23.9 Å². The molecule has 180 valence electrons. The third-order valence-electron chi connectivity index (χ3n) is 7.90. The van der Waals surface area contributed by atoms with Crippen molar-refractivity contribution in [2.75, 3.05) is 12.9 Å². The maximum atomic E-state index is 6.95. The number of hydrogen-bond donors (Lipinski definition) is 2. The summed E-state index contributed by atoms with van der Waals surface area (Å²) < 4.78 is 12.4. The van der Waals surface area contributed by atoms with Gasteiger partial charge in [0, 0.05) is 11.9 Å². The monoisotopic (exact) mass is 484 g/mol. The summed E-state index contributed by atoms with van der Waals surface area (Å²) in [5.74, 6) is 2.40.